The van der Waals surface area contributed by atoms with Crippen molar-refractivity contribution in [1.29, 1.82) is 0 Å². The lowest BCUT2D eigenvalue weighted by molar-refractivity contribution is 1.31. The molecule has 5 aromatic rings. The lowest BCUT2D eigenvalue weighted by atomic mass is 10.2. The van der Waals surface area contributed by atoms with E-state index in [-0.39, 0.29) is 0 Å². The Morgan fingerprint density at radius 2 is 1.03 bits per heavy atom. The van der Waals surface area contributed by atoms with Crippen LogP contribution in [0.2, 0.25) is 0 Å². The molecule has 6 nitrogen and oxygen atoms in total. The second-order valence-electron chi connectivity index (χ2n) is 6.38. The van der Waals surface area contributed by atoms with Gasteiger partial charge in [-0.25, -0.2) is 9.97 Å². The Morgan fingerprint density at radius 1 is 0.600 bits per heavy atom. The number of rotatable bonds is 6. The Bertz CT molecular complexity index is 1180. The van der Waals surface area contributed by atoms with E-state index in [4.69, 9.17) is 0 Å². The van der Waals surface area contributed by atoms with Gasteiger partial charge in [-0.15, -0.1) is 0 Å². The minimum atomic E-state index is 0.775. The molecule has 0 aliphatic rings. The number of aromatic nitrogens is 2. The Hall–Kier alpha value is -3.62. The number of hydrogen-bond acceptors (Lipinski definition) is 8. The highest BCUT2D eigenvalue weighted by Crippen LogP contribution is 2.26. The zero-order valence-corrected chi connectivity index (χ0v) is 17.3. The molecule has 0 saturated heterocycles. The van der Waals surface area contributed by atoms with Gasteiger partial charge in [0.1, 0.15) is 0 Å². The first kappa shape index (κ1) is 18.4. The van der Waals surface area contributed by atoms with E-state index < -0.39 is 0 Å². The zero-order chi connectivity index (χ0) is 20.2. The molecular weight excluding hydrogens is 412 g/mol. The number of nitrogens with zero attached hydrogens (tertiary/aromatic N) is 4. The third kappa shape index (κ3) is 4.19. The summed E-state index contributed by atoms with van der Waals surface area (Å²) in [5.74, 6) is 0. The van der Waals surface area contributed by atoms with Gasteiger partial charge in [0.15, 0.2) is 0 Å². The molecule has 3 aromatic carbocycles. The van der Waals surface area contributed by atoms with Crippen molar-refractivity contribution >= 4 is 65.8 Å². The molecule has 30 heavy (non-hydrogen) atoms. The zero-order valence-electron chi connectivity index (χ0n) is 15.7. The van der Waals surface area contributed by atoms with Crippen molar-refractivity contribution < 1.29 is 0 Å². The van der Waals surface area contributed by atoms with E-state index in [9.17, 15) is 0 Å². The van der Waals surface area contributed by atoms with E-state index >= 15 is 0 Å². The number of thiazole rings is 2. The highest BCUT2D eigenvalue weighted by molar-refractivity contribution is 7.22. The molecule has 0 fully saturated rings. The van der Waals surface area contributed by atoms with Gasteiger partial charge in [-0.05, 0) is 35.4 Å². The van der Waals surface area contributed by atoms with Crippen LogP contribution in [0.25, 0.3) is 20.4 Å². The molecule has 146 valence electrons. The van der Waals surface area contributed by atoms with Crippen LogP contribution in [-0.2, 0) is 0 Å². The second kappa shape index (κ2) is 8.40. The molecule has 0 aliphatic carbocycles. The van der Waals surface area contributed by atoms with E-state index in [1.807, 2.05) is 72.8 Å². The Labute approximate surface area is 180 Å². The van der Waals surface area contributed by atoms with Crippen molar-refractivity contribution in [2.45, 2.75) is 0 Å². The Balaban J connectivity index is 1.18. The van der Waals surface area contributed by atoms with Gasteiger partial charge in [0.2, 0.25) is 10.3 Å². The van der Waals surface area contributed by atoms with Crippen molar-refractivity contribution in [2.75, 3.05) is 10.9 Å². The molecule has 5 rings (SSSR count). The summed E-state index contributed by atoms with van der Waals surface area (Å²) in [5, 5.41) is 10.1. The molecule has 2 heterocycles. The number of hydrazone groups is 2. The average Bonchev–Trinajstić information content (AvgIpc) is 3.38. The third-order valence-corrected chi connectivity index (χ3v) is 6.15. The monoisotopic (exact) mass is 428 g/mol. The summed E-state index contributed by atoms with van der Waals surface area (Å²) in [7, 11) is 0. The van der Waals surface area contributed by atoms with Gasteiger partial charge in [0, 0.05) is 0 Å². The minimum Gasteiger partial charge on any atom is -0.253 e. The summed E-state index contributed by atoms with van der Waals surface area (Å²) >= 11 is 3.16. The topological polar surface area (TPSA) is 74.6 Å². The van der Waals surface area contributed by atoms with E-state index in [1.165, 1.54) is 0 Å². The number of benzene rings is 3. The lowest BCUT2D eigenvalue weighted by Gasteiger charge is -1.97. The van der Waals surface area contributed by atoms with Crippen molar-refractivity contribution in [3.05, 3.63) is 83.9 Å². The van der Waals surface area contributed by atoms with Gasteiger partial charge in [-0.3, -0.25) is 10.9 Å². The molecule has 0 unspecified atom stereocenters. The number of para-hydroxylation sites is 2. The Kier molecular flexibility index (Phi) is 5.15. The maximum absolute atomic E-state index is 4.50. The summed E-state index contributed by atoms with van der Waals surface area (Å²) in [6, 6.07) is 24.0. The first-order valence-electron chi connectivity index (χ1n) is 9.23. The largest absolute Gasteiger partial charge is 0.253 e. The predicted molar refractivity (Wildman–Crippen MR) is 128 cm³/mol. The summed E-state index contributed by atoms with van der Waals surface area (Å²) in [6.07, 6.45) is 3.54. The SMILES string of the molecule is C(=N/Nc1nc2ccccc2s1)/c1ccc(/C=N/Nc2nc3ccccc3s2)cc1. The normalized spacial score (nSPS) is 11.7. The summed E-state index contributed by atoms with van der Waals surface area (Å²) < 4.78 is 2.27. The van der Waals surface area contributed by atoms with Crippen LogP contribution >= 0.6 is 22.7 Å². The van der Waals surface area contributed by atoms with E-state index in [0.29, 0.717) is 0 Å². The molecule has 0 amide bonds. The van der Waals surface area contributed by atoms with Crippen LogP contribution in [0.3, 0.4) is 0 Å². The highest BCUT2D eigenvalue weighted by atomic mass is 32.1. The summed E-state index contributed by atoms with van der Waals surface area (Å²) in [4.78, 5) is 8.99. The second-order valence-corrected chi connectivity index (χ2v) is 8.44. The van der Waals surface area contributed by atoms with Crippen LogP contribution in [0, 0.1) is 0 Å². The minimum absolute atomic E-state index is 0.775. The van der Waals surface area contributed by atoms with Crippen molar-refractivity contribution in [2.24, 2.45) is 10.2 Å². The smallest absolute Gasteiger partial charge is 0.204 e. The third-order valence-electron chi connectivity index (χ3n) is 4.27. The maximum atomic E-state index is 4.50. The fourth-order valence-electron chi connectivity index (χ4n) is 2.83. The molecule has 0 radical (unpaired) electrons. The number of anilines is 2. The van der Waals surface area contributed by atoms with E-state index in [1.54, 1.807) is 35.1 Å². The van der Waals surface area contributed by atoms with Crippen molar-refractivity contribution in [1.82, 2.24) is 9.97 Å². The van der Waals surface area contributed by atoms with Crippen molar-refractivity contribution in [3.8, 4) is 0 Å². The fourth-order valence-corrected chi connectivity index (χ4v) is 4.46. The van der Waals surface area contributed by atoms with Crippen LogP contribution in [-0.4, -0.2) is 22.4 Å². The standard InChI is InChI=1S/C22H16N6S2/c1-3-7-19-17(5-1)25-21(29-19)27-23-13-15-9-11-16(12-10-15)14-24-28-22-26-18-6-2-4-8-20(18)30-22/h1-14H,(H,25,27)(H,26,28)/b23-13-,24-14+. The number of nitrogens with one attached hydrogen (secondary N) is 2. The molecule has 0 atom stereocenters. The van der Waals surface area contributed by atoms with Crippen LogP contribution in [0.4, 0.5) is 10.3 Å². The first-order chi connectivity index (χ1) is 14.8. The highest BCUT2D eigenvalue weighted by Gasteiger charge is 2.02. The van der Waals surface area contributed by atoms with Crippen LogP contribution in [0.15, 0.2) is 83.0 Å². The number of hydrogen-bond donors (Lipinski definition) is 2. The maximum Gasteiger partial charge on any atom is 0.204 e. The van der Waals surface area contributed by atoms with Gasteiger partial charge in [-0.1, -0.05) is 71.2 Å². The first-order valence-corrected chi connectivity index (χ1v) is 10.9. The molecule has 0 aliphatic heterocycles. The molecule has 0 saturated carbocycles. The van der Waals surface area contributed by atoms with Gasteiger partial charge in [-0.2, -0.15) is 10.2 Å². The molecule has 2 aromatic heterocycles. The van der Waals surface area contributed by atoms with Gasteiger partial charge in [0.25, 0.3) is 0 Å². The molecule has 0 spiro atoms. The lowest BCUT2D eigenvalue weighted by Crippen LogP contribution is -1.92. The average molecular weight is 429 g/mol. The van der Waals surface area contributed by atoms with Crippen LogP contribution in [0.1, 0.15) is 11.1 Å². The van der Waals surface area contributed by atoms with Gasteiger partial charge in [0.05, 0.1) is 32.9 Å². The van der Waals surface area contributed by atoms with Crippen LogP contribution in [0.5, 0.6) is 0 Å². The predicted octanol–water partition coefficient (Wildman–Crippen LogP) is 5.80. The fraction of sp³-hybridized carbons (Fsp3) is 0. The van der Waals surface area contributed by atoms with E-state index in [0.717, 1.165) is 41.8 Å². The molecule has 2 N–H and O–H groups in total. The van der Waals surface area contributed by atoms with Crippen LogP contribution < -0.4 is 10.9 Å². The Morgan fingerprint density at radius 3 is 1.47 bits per heavy atom. The summed E-state index contributed by atoms with van der Waals surface area (Å²) in [5.41, 5.74) is 9.91. The summed E-state index contributed by atoms with van der Waals surface area (Å²) in [6.45, 7) is 0. The molecule has 8 heteroatoms. The molecule has 0 bridgehead atoms. The quantitative estimate of drug-likeness (QED) is 0.265. The van der Waals surface area contributed by atoms with Gasteiger partial charge < -0.3 is 0 Å². The van der Waals surface area contributed by atoms with Gasteiger partial charge >= 0.3 is 0 Å². The van der Waals surface area contributed by atoms with E-state index in [2.05, 4.69) is 31.0 Å². The number of fused-ring (bicyclic) bond motifs is 2. The molecular formula is C22H16N6S2. The van der Waals surface area contributed by atoms with Crippen molar-refractivity contribution in [3.63, 3.8) is 0 Å².